The summed E-state index contributed by atoms with van der Waals surface area (Å²) in [5, 5.41) is 17.7. The van der Waals surface area contributed by atoms with E-state index in [1.165, 1.54) is 9.58 Å². The molecule has 3 aromatic rings. The SMILES string of the molecule is O=C(O)C1Cc2ccccc2CN1C(=O)Cn1cc(-c2ccccc2)nn1. The lowest BCUT2D eigenvalue weighted by molar-refractivity contribution is -0.151. The molecule has 2 aromatic carbocycles. The zero-order valence-electron chi connectivity index (χ0n) is 14.5. The quantitative estimate of drug-likeness (QED) is 0.767. The van der Waals surface area contributed by atoms with E-state index in [1.54, 1.807) is 6.20 Å². The van der Waals surface area contributed by atoms with Gasteiger partial charge in [-0.05, 0) is 11.1 Å². The standard InChI is InChI=1S/C20H18N4O3/c25-19(13-23-12-17(21-22-23)14-6-2-1-3-7-14)24-11-16-9-5-4-8-15(16)10-18(24)20(26)27/h1-9,12,18H,10-11,13H2,(H,26,27). The van der Waals surface area contributed by atoms with Crippen molar-refractivity contribution in [2.24, 2.45) is 0 Å². The molecule has 7 heteroatoms. The lowest BCUT2D eigenvalue weighted by Gasteiger charge is -2.34. The van der Waals surface area contributed by atoms with Gasteiger partial charge in [-0.25, -0.2) is 9.48 Å². The summed E-state index contributed by atoms with van der Waals surface area (Å²) in [6, 6.07) is 16.3. The highest BCUT2D eigenvalue weighted by Gasteiger charge is 2.34. The average molecular weight is 362 g/mol. The maximum absolute atomic E-state index is 12.8. The predicted octanol–water partition coefficient (Wildman–Crippen LogP) is 1.98. The van der Waals surface area contributed by atoms with Crippen molar-refractivity contribution in [2.45, 2.75) is 25.6 Å². The number of carbonyl (C=O) groups excluding carboxylic acids is 1. The van der Waals surface area contributed by atoms with E-state index in [2.05, 4.69) is 10.3 Å². The molecule has 1 atom stereocenters. The number of fused-ring (bicyclic) bond motifs is 1. The van der Waals surface area contributed by atoms with Gasteiger partial charge in [0.05, 0.1) is 6.20 Å². The van der Waals surface area contributed by atoms with Crippen molar-refractivity contribution in [3.05, 3.63) is 71.9 Å². The molecule has 27 heavy (non-hydrogen) atoms. The Morgan fingerprint density at radius 1 is 1.04 bits per heavy atom. The second-order valence-electron chi connectivity index (χ2n) is 6.52. The van der Waals surface area contributed by atoms with Crippen LogP contribution in [0.2, 0.25) is 0 Å². The number of hydrogen-bond donors (Lipinski definition) is 1. The Morgan fingerprint density at radius 2 is 1.74 bits per heavy atom. The highest BCUT2D eigenvalue weighted by atomic mass is 16.4. The lowest BCUT2D eigenvalue weighted by Crippen LogP contribution is -2.49. The molecule has 0 aliphatic carbocycles. The molecule has 0 saturated heterocycles. The molecule has 1 amide bonds. The van der Waals surface area contributed by atoms with Gasteiger partial charge in [-0.15, -0.1) is 5.10 Å². The van der Waals surface area contributed by atoms with Crippen molar-refractivity contribution in [1.82, 2.24) is 19.9 Å². The highest BCUT2D eigenvalue weighted by molar-refractivity contribution is 5.84. The number of carboxylic acid groups (broad SMARTS) is 1. The van der Waals surface area contributed by atoms with Gasteiger partial charge < -0.3 is 10.0 Å². The van der Waals surface area contributed by atoms with Gasteiger partial charge in [0.15, 0.2) is 0 Å². The molecule has 1 aliphatic rings. The van der Waals surface area contributed by atoms with Crippen molar-refractivity contribution < 1.29 is 14.7 Å². The van der Waals surface area contributed by atoms with Gasteiger partial charge in [0.25, 0.3) is 0 Å². The molecule has 0 radical (unpaired) electrons. The van der Waals surface area contributed by atoms with Gasteiger partial charge in [0.2, 0.25) is 5.91 Å². The summed E-state index contributed by atoms with van der Waals surface area (Å²) >= 11 is 0. The molecule has 4 rings (SSSR count). The van der Waals surface area contributed by atoms with Gasteiger partial charge in [-0.3, -0.25) is 4.79 Å². The largest absolute Gasteiger partial charge is 0.480 e. The summed E-state index contributed by atoms with van der Waals surface area (Å²) in [5.74, 6) is -1.29. The third kappa shape index (κ3) is 3.44. The van der Waals surface area contributed by atoms with Crippen LogP contribution in [0.3, 0.4) is 0 Å². The Balaban J connectivity index is 1.54. The second-order valence-corrected chi connectivity index (χ2v) is 6.52. The van der Waals surface area contributed by atoms with E-state index in [9.17, 15) is 14.7 Å². The number of aromatic nitrogens is 3. The zero-order valence-corrected chi connectivity index (χ0v) is 14.5. The summed E-state index contributed by atoms with van der Waals surface area (Å²) in [4.78, 5) is 25.9. The maximum Gasteiger partial charge on any atom is 0.326 e. The molecule has 0 fully saturated rings. The van der Waals surface area contributed by atoms with Crippen LogP contribution in [0.25, 0.3) is 11.3 Å². The first-order valence-electron chi connectivity index (χ1n) is 8.66. The van der Waals surface area contributed by atoms with Crippen LogP contribution in [0.1, 0.15) is 11.1 Å². The first-order valence-corrected chi connectivity index (χ1v) is 8.66. The average Bonchev–Trinajstić information content (AvgIpc) is 3.16. The van der Waals surface area contributed by atoms with Crippen LogP contribution in [0.5, 0.6) is 0 Å². The first-order chi connectivity index (χ1) is 13.1. The molecule has 1 unspecified atom stereocenters. The third-order valence-corrected chi connectivity index (χ3v) is 4.76. The number of benzene rings is 2. The minimum absolute atomic E-state index is 0.0498. The summed E-state index contributed by atoms with van der Waals surface area (Å²) < 4.78 is 1.45. The predicted molar refractivity (Wildman–Crippen MR) is 97.6 cm³/mol. The van der Waals surface area contributed by atoms with Gasteiger partial charge in [0.1, 0.15) is 18.3 Å². The third-order valence-electron chi connectivity index (χ3n) is 4.76. The molecular weight excluding hydrogens is 344 g/mol. The molecule has 0 bridgehead atoms. The molecule has 1 N–H and O–H groups in total. The lowest BCUT2D eigenvalue weighted by atomic mass is 9.94. The second kappa shape index (κ2) is 7.03. The zero-order chi connectivity index (χ0) is 18.8. The fraction of sp³-hybridized carbons (Fsp3) is 0.200. The summed E-state index contributed by atoms with van der Waals surface area (Å²) in [6.45, 7) is 0.234. The molecule has 7 nitrogen and oxygen atoms in total. The number of hydrogen-bond acceptors (Lipinski definition) is 4. The smallest absolute Gasteiger partial charge is 0.326 e. The van der Waals surface area contributed by atoms with E-state index in [0.717, 1.165) is 16.7 Å². The van der Waals surface area contributed by atoms with E-state index in [-0.39, 0.29) is 19.0 Å². The van der Waals surface area contributed by atoms with Crippen molar-refractivity contribution in [2.75, 3.05) is 0 Å². The fourth-order valence-corrected chi connectivity index (χ4v) is 3.35. The molecule has 136 valence electrons. The van der Waals surface area contributed by atoms with Gasteiger partial charge in [0, 0.05) is 18.5 Å². The van der Waals surface area contributed by atoms with E-state index in [0.29, 0.717) is 12.1 Å². The van der Waals surface area contributed by atoms with Crippen LogP contribution >= 0.6 is 0 Å². The van der Waals surface area contributed by atoms with E-state index in [4.69, 9.17) is 0 Å². The van der Waals surface area contributed by atoms with Crippen molar-refractivity contribution >= 4 is 11.9 Å². The molecule has 1 aliphatic heterocycles. The number of aliphatic carboxylic acids is 1. The summed E-state index contributed by atoms with van der Waals surface area (Å²) in [7, 11) is 0. The minimum Gasteiger partial charge on any atom is -0.480 e. The molecule has 1 aromatic heterocycles. The molecule has 2 heterocycles. The summed E-state index contributed by atoms with van der Waals surface area (Å²) in [5.41, 5.74) is 3.53. The summed E-state index contributed by atoms with van der Waals surface area (Å²) in [6.07, 6.45) is 2.00. The molecule has 0 spiro atoms. The van der Waals surface area contributed by atoms with Crippen LogP contribution in [0.4, 0.5) is 0 Å². The monoisotopic (exact) mass is 362 g/mol. The number of amides is 1. The number of nitrogens with zero attached hydrogens (tertiary/aromatic N) is 4. The number of rotatable bonds is 4. The van der Waals surface area contributed by atoms with Crippen LogP contribution in [-0.4, -0.2) is 42.9 Å². The van der Waals surface area contributed by atoms with E-state index < -0.39 is 12.0 Å². The molecular formula is C20H18N4O3. The minimum atomic E-state index is -0.999. The van der Waals surface area contributed by atoms with Crippen molar-refractivity contribution in [3.8, 4) is 11.3 Å². The van der Waals surface area contributed by atoms with Crippen LogP contribution in [0, 0.1) is 0 Å². The van der Waals surface area contributed by atoms with Gasteiger partial charge in [-0.2, -0.15) is 0 Å². The topological polar surface area (TPSA) is 88.3 Å². The van der Waals surface area contributed by atoms with E-state index in [1.807, 2.05) is 54.6 Å². The van der Waals surface area contributed by atoms with Crippen LogP contribution in [-0.2, 0) is 29.1 Å². The van der Waals surface area contributed by atoms with Crippen molar-refractivity contribution in [1.29, 1.82) is 0 Å². The van der Waals surface area contributed by atoms with Crippen LogP contribution in [0.15, 0.2) is 60.8 Å². The fourth-order valence-electron chi connectivity index (χ4n) is 3.35. The Kier molecular flexibility index (Phi) is 4.42. The maximum atomic E-state index is 12.8. The Hall–Kier alpha value is -3.48. The first kappa shape index (κ1) is 17.0. The Bertz CT molecular complexity index is 984. The normalized spacial score (nSPS) is 16.0. The van der Waals surface area contributed by atoms with Gasteiger partial charge >= 0.3 is 5.97 Å². The Morgan fingerprint density at radius 3 is 2.48 bits per heavy atom. The Labute approximate surface area is 155 Å². The molecule has 0 saturated carbocycles. The number of carboxylic acids is 1. The van der Waals surface area contributed by atoms with Crippen LogP contribution < -0.4 is 0 Å². The number of carbonyl (C=O) groups is 2. The van der Waals surface area contributed by atoms with E-state index >= 15 is 0 Å². The van der Waals surface area contributed by atoms with Gasteiger partial charge in [-0.1, -0.05) is 59.8 Å². The van der Waals surface area contributed by atoms with Crippen molar-refractivity contribution in [3.63, 3.8) is 0 Å². The highest BCUT2D eigenvalue weighted by Crippen LogP contribution is 2.24.